The van der Waals surface area contributed by atoms with Crippen molar-refractivity contribution in [3.8, 4) is 11.5 Å². The van der Waals surface area contributed by atoms with Gasteiger partial charge in [-0.05, 0) is 36.5 Å². The Morgan fingerprint density at radius 2 is 1.78 bits per heavy atom. The number of fused-ring (bicyclic) bond motifs is 1. The SMILES string of the molecule is O=C1CCC(c2ccc3c(c2)OC(F)(F)O3)CC1. The molecular formula is C13H12F2O3. The first-order valence-electron chi connectivity index (χ1n) is 5.95. The summed E-state index contributed by atoms with van der Waals surface area (Å²) in [6.45, 7) is 0. The van der Waals surface area contributed by atoms with Crippen LogP contribution in [0.2, 0.25) is 0 Å². The van der Waals surface area contributed by atoms with Gasteiger partial charge in [0.2, 0.25) is 0 Å². The van der Waals surface area contributed by atoms with Gasteiger partial charge in [-0.1, -0.05) is 6.07 Å². The molecule has 1 aliphatic heterocycles. The van der Waals surface area contributed by atoms with Gasteiger partial charge in [-0.25, -0.2) is 0 Å². The summed E-state index contributed by atoms with van der Waals surface area (Å²) >= 11 is 0. The third kappa shape index (κ3) is 2.05. The van der Waals surface area contributed by atoms with Crippen LogP contribution in [0.5, 0.6) is 11.5 Å². The largest absolute Gasteiger partial charge is 0.586 e. The first-order chi connectivity index (χ1) is 8.53. The van der Waals surface area contributed by atoms with Gasteiger partial charge in [0.25, 0.3) is 0 Å². The van der Waals surface area contributed by atoms with Crippen molar-refractivity contribution in [2.75, 3.05) is 0 Å². The van der Waals surface area contributed by atoms with Crippen LogP contribution >= 0.6 is 0 Å². The number of rotatable bonds is 1. The summed E-state index contributed by atoms with van der Waals surface area (Å²) < 4.78 is 34.5. The Kier molecular flexibility index (Phi) is 2.50. The number of hydrogen-bond donors (Lipinski definition) is 0. The molecule has 1 aliphatic carbocycles. The topological polar surface area (TPSA) is 35.5 Å². The highest BCUT2D eigenvalue weighted by Crippen LogP contribution is 2.43. The van der Waals surface area contributed by atoms with Gasteiger partial charge in [0, 0.05) is 12.8 Å². The molecule has 1 fully saturated rings. The molecule has 0 unspecified atom stereocenters. The predicted molar refractivity (Wildman–Crippen MR) is 58.9 cm³/mol. The maximum absolute atomic E-state index is 12.9. The minimum absolute atomic E-state index is 0.0654. The molecule has 0 aromatic heterocycles. The van der Waals surface area contributed by atoms with E-state index in [0.29, 0.717) is 12.8 Å². The molecular weight excluding hydrogens is 242 g/mol. The van der Waals surface area contributed by atoms with E-state index < -0.39 is 6.29 Å². The van der Waals surface area contributed by atoms with Crippen molar-refractivity contribution >= 4 is 5.78 Å². The van der Waals surface area contributed by atoms with Crippen molar-refractivity contribution in [2.24, 2.45) is 0 Å². The monoisotopic (exact) mass is 254 g/mol. The second-order valence-electron chi connectivity index (χ2n) is 4.69. The minimum atomic E-state index is -3.57. The van der Waals surface area contributed by atoms with E-state index in [1.807, 2.05) is 0 Å². The summed E-state index contributed by atoms with van der Waals surface area (Å²) in [5.74, 6) is 0.661. The second-order valence-corrected chi connectivity index (χ2v) is 4.69. The van der Waals surface area contributed by atoms with E-state index in [1.165, 1.54) is 6.07 Å². The molecule has 0 atom stereocenters. The van der Waals surface area contributed by atoms with Crippen LogP contribution in [0.15, 0.2) is 18.2 Å². The Morgan fingerprint density at radius 1 is 1.11 bits per heavy atom. The Balaban J connectivity index is 1.82. The van der Waals surface area contributed by atoms with E-state index in [0.717, 1.165) is 18.4 Å². The van der Waals surface area contributed by atoms with E-state index in [4.69, 9.17) is 0 Å². The van der Waals surface area contributed by atoms with E-state index in [1.54, 1.807) is 12.1 Å². The molecule has 2 aliphatic rings. The molecule has 5 heteroatoms. The quantitative estimate of drug-likeness (QED) is 0.771. The summed E-state index contributed by atoms with van der Waals surface area (Å²) in [7, 11) is 0. The molecule has 0 radical (unpaired) electrons. The standard InChI is InChI=1S/C13H12F2O3/c14-13(15)17-11-6-3-9(7-12(11)18-13)8-1-4-10(16)5-2-8/h3,6-8H,1-2,4-5H2. The maximum Gasteiger partial charge on any atom is 0.586 e. The van der Waals surface area contributed by atoms with Crippen LogP contribution < -0.4 is 9.47 Å². The van der Waals surface area contributed by atoms with Gasteiger partial charge in [-0.2, -0.15) is 0 Å². The Bertz CT molecular complexity index is 489. The summed E-state index contributed by atoms with van der Waals surface area (Å²) in [4.78, 5) is 11.2. The van der Waals surface area contributed by atoms with Gasteiger partial charge in [0.1, 0.15) is 5.78 Å². The number of hydrogen-bond acceptors (Lipinski definition) is 3. The molecule has 3 rings (SSSR count). The minimum Gasteiger partial charge on any atom is -0.395 e. The van der Waals surface area contributed by atoms with Gasteiger partial charge in [-0.3, -0.25) is 4.79 Å². The number of halogens is 2. The smallest absolute Gasteiger partial charge is 0.395 e. The maximum atomic E-state index is 12.9. The van der Waals surface area contributed by atoms with Crippen LogP contribution in [0.1, 0.15) is 37.2 Å². The fourth-order valence-corrected chi connectivity index (χ4v) is 2.49. The Hall–Kier alpha value is -1.65. The lowest BCUT2D eigenvalue weighted by atomic mass is 9.83. The van der Waals surface area contributed by atoms with Gasteiger partial charge in [-0.15, -0.1) is 8.78 Å². The van der Waals surface area contributed by atoms with Crippen LogP contribution in [-0.4, -0.2) is 12.1 Å². The molecule has 18 heavy (non-hydrogen) atoms. The van der Waals surface area contributed by atoms with E-state index in [-0.39, 0.29) is 23.2 Å². The molecule has 96 valence electrons. The molecule has 3 nitrogen and oxygen atoms in total. The predicted octanol–water partition coefficient (Wildman–Crippen LogP) is 3.23. The fraction of sp³-hybridized carbons (Fsp3) is 0.462. The first kappa shape index (κ1) is 11.4. The van der Waals surface area contributed by atoms with Crippen molar-refractivity contribution in [1.82, 2.24) is 0 Å². The summed E-state index contributed by atoms with van der Waals surface area (Å²) in [6, 6.07) is 4.86. The van der Waals surface area contributed by atoms with Crippen LogP contribution in [0.4, 0.5) is 8.78 Å². The number of benzene rings is 1. The van der Waals surface area contributed by atoms with Crippen molar-refractivity contribution in [1.29, 1.82) is 0 Å². The van der Waals surface area contributed by atoms with Crippen molar-refractivity contribution < 1.29 is 23.0 Å². The number of ether oxygens (including phenoxy) is 2. The lowest BCUT2D eigenvalue weighted by molar-refractivity contribution is -0.286. The summed E-state index contributed by atoms with van der Waals surface area (Å²) in [5, 5.41) is 0. The lowest BCUT2D eigenvalue weighted by Gasteiger charge is -2.21. The Labute approximate surface area is 103 Å². The number of carbonyl (C=O) groups excluding carboxylic acids is 1. The molecule has 1 aromatic carbocycles. The third-order valence-corrected chi connectivity index (χ3v) is 3.44. The summed E-state index contributed by atoms with van der Waals surface area (Å²) in [6.07, 6.45) is -0.891. The average Bonchev–Trinajstić information content (AvgIpc) is 2.62. The number of ketones is 1. The van der Waals surface area contributed by atoms with Crippen LogP contribution in [0.25, 0.3) is 0 Å². The van der Waals surface area contributed by atoms with Gasteiger partial charge < -0.3 is 9.47 Å². The lowest BCUT2D eigenvalue weighted by Crippen LogP contribution is -2.25. The van der Waals surface area contributed by atoms with Crippen molar-refractivity contribution in [3.05, 3.63) is 23.8 Å². The highest BCUT2D eigenvalue weighted by molar-refractivity contribution is 5.79. The molecule has 1 aromatic rings. The van der Waals surface area contributed by atoms with Gasteiger partial charge in [0.15, 0.2) is 11.5 Å². The molecule has 0 N–H and O–H groups in total. The van der Waals surface area contributed by atoms with Crippen LogP contribution in [-0.2, 0) is 4.79 Å². The molecule has 1 saturated carbocycles. The zero-order valence-corrected chi connectivity index (χ0v) is 9.62. The first-order valence-corrected chi connectivity index (χ1v) is 5.95. The fourth-order valence-electron chi connectivity index (χ4n) is 2.49. The number of Topliss-reactive ketones (excluding diaryl/α,β-unsaturated/α-hetero) is 1. The Morgan fingerprint density at radius 3 is 2.50 bits per heavy atom. The van der Waals surface area contributed by atoms with E-state index in [9.17, 15) is 13.6 Å². The molecule has 0 bridgehead atoms. The van der Waals surface area contributed by atoms with Crippen LogP contribution in [0, 0.1) is 0 Å². The molecule has 0 spiro atoms. The van der Waals surface area contributed by atoms with Crippen molar-refractivity contribution in [3.63, 3.8) is 0 Å². The zero-order chi connectivity index (χ0) is 12.8. The molecule has 0 saturated heterocycles. The second kappa shape index (κ2) is 3.93. The van der Waals surface area contributed by atoms with Gasteiger partial charge in [0.05, 0.1) is 0 Å². The number of alkyl halides is 2. The third-order valence-electron chi connectivity index (χ3n) is 3.44. The zero-order valence-electron chi connectivity index (χ0n) is 9.62. The van der Waals surface area contributed by atoms with Crippen LogP contribution in [0.3, 0.4) is 0 Å². The van der Waals surface area contributed by atoms with Crippen molar-refractivity contribution in [2.45, 2.75) is 37.9 Å². The number of carbonyl (C=O) groups is 1. The highest BCUT2D eigenvalue weighted by atomic mass is 19.3. The average molecular weight is 254 g/mol. The summed E-state index contributed by atoms with van der Waals surface area (Å²) in [5.41, 5.74) is 0.933. The molecule has 0 amide bonds. The highest BCUT2D eigenvalue weighted by Gasteiger charge is 2.43. The van der Waals surface area contributed by atoms with E-state index in [2.05, 4.69) is 9.47 Å². The molecule has 1 heterocycles. The van der Waals surface area contributed by atoms with E-state index >= 15 is 0 Å². The van der Waals surface area contributed by atoms with Gasteiger partial charge >= 0.3 is 6.29 Å². The normalized spacial score (nSPS) is 22.2.